The summed E-state index contributed by atoms with van der Waals surface area (Å²) in [5.74, 6) is 2.48. The van der Waals surface area contributed by atoms with Crippen LogP contribution in [0.4, 0.5) is 0 Å². The first-order chi connectivity index (χ1) is 10.5. The van der Waals surface area contributed by atoms with Gasteiger partial charge in [-0.1, -0.05) is 13.0 Å². The van der Waals surface area contributed by atoms with Gasteiger partial charge in [0.05, 0.1) is 7.11 Å². The molecule has 3 aliphatic carbocycles. The minimum Gasteiger partial charge on any atom is -0.504 e. The van der Waals surface area contributed by atoms with E-state index in [0.717, 1.165) is 25.7 Å². The van der Waals surface area contributed by atoms with Gasteiger partial charge in [0.1, 0.15) is 0 Å². The Hall–Kier alpha value is -1.77. The largest absolute Gasteiger partial charge is 0.504 e. The van der Waals surface area contributed by atoms with E-state index in [4.69, 9.17) is 4.74 Å². The molecule has 1 aromatic carbocycles. The number of carbonyl (C=O) groups excluding carboxylic acids is 1. The van der Waals surface area contributed by atoms with Crippen LogP contribution < -0.4 is 4.74 Å². The smallest absolute Gasteiger partial charge is 0.161 e. The van der Waals surface area contributed by atoms with Crippen molar-refractivity contribution in [1.82, 2.24) is 0 Å². The minimum absolute atomic E-state index is 0.181. The highest BCUT2D eigenvalue weighted by molar-refractivity contribution is 5.97. The summed E-state index contributed by atoms with van der Waals surface area (Å²) in [4.78, 5) is 12.3. The Balaban J connectivity index is 1.75. The first-order valence-electron chi connectivity index (χ1n) is 8.17. The summed E-state index contributed by atoms with van der Waals surface area (Å²) in [5.41, 5.74) is 2.39. The Morgan fingerprint density at radius 3 is 2.91 bits per heavy atom. The fourth-order valence-corrected chi connectivity index (χ4v) is 5.02. The number of aromatic hydroxyl groups is 1. The minimum atomic E-state index is -0.181. The Morgan fingerprint density at radius 2 is 2.14 bits per heavy atom. The van der Waals surface area contributed by atoms with Crippen molar-refractivity contribution in [2.75, 3.05) is 7.11 Å². The fraction of sp³-hybridized carbons (Fsp3) is 0.526. The second-order valence-corrected chi connectivity index (χ2v) is 7.24. The van der Waals surface area contributed by atoms with Gasteiger partial charge in [0.2, 0.25) is 0 Å². The average molecular weight is 298 g/mol. The molecule has 0 heterocycles. The maximum Gasteiger partial charge on any atom is 0.161 e. The van der Waals surface area contributed by atoms with E-state index in [1.54, 1.807) is 13.2 Å². The van der Waals surface area contributed by atoms with E-state index in [2.05, 4.69) is 13.0 Å². The molecule has 1 fully saturated rings. The molecule has 0 saturated heterocycles. The molecule has 0 bridgehead atoms. The second kappa shape index (κ2) is 4.61. The van der Waals surface area contributed by atoms with E-state index in [0.29, 0.717) is 29.3 Å². The Labute approximate surface area is 131 Å². The third-order valence-electron chi connectivity index (χ3n) is 6.29. The zero-order valence-electron chi connectivity index (χ0n) is 13.1. The molecule has 1 saturated carbocycles. The number of ether oxygens (including phenoxy) is 1. The Bertz CT molecular complexity index is 676. The number of ketones is 1. The lowest BCUT2D eigenvalue weighted by Gasteiger charge is -2.48. The molecule has 0 spiro atoms. The number of rotatable bonds is 1. The number of allylic oxidation sites excluding steroid dienone is 2. The predicted molar refractivity (Wildman–Crippen MR) is 84.2 cm³/mol. The lowest BCUT2D eigenvalue weighted by Crippen LogP contribution is -2.42. The van der Waals surface area contributed by atoms with Crippen LogP contribution in [0.15, 0.2) is 24.3 Å². The van der Waals surface area contributed by atoms with Crippen LogP contribution >= 0.6 is 0 Å². The van der Waals surface area contributed by atoms with Crippen molar-refractivity contribution >= 4 is 5.78 Å². The van der Waals surface area contributed by atoms with Crippen molar-refractivity contribution in [2.24, 2.45) is 17.3 Å². The molecule has 3 nitrogen and oxygen atoms in total. The summed E-state index contributed by atoms with van der Waals surface area (Å²) < 4.78 is 5.30. The van der Waals surface area contributed by atoms with Gasteiger partial charge >= 0.3 is 0 Å². The lowest BCUT2D eigenvalue weighted by molar-refractivity contribution is -0.126. The molecule has 3 aliphatic rings. The quantitative estimate of drug-likeness (QED) is 0.861. The van der Waals surface area contributed by atoms with Crippen LogP contribution in [0.2, 0.25) is 0 Å². The number of fused-ring (bicyclic) bond motifs is 5. The van der Waals surface area contributed by atoms with Gasteiger partial charge in [-0.2, -0.15) is 0 Å². The van der Waals surface area contributed by atoms with Gasteiger partial charge in [-0.05, 0) is 72.8 Å². The molecular formula is C19H22O3. The van der Waals surface area contributed by atoms with Gasteiger partial charge in [-0.15, -0.1) is 0 Å². The van der Waals surface area contributed by atoms with Crippen molar-refractivity contribution in [3.8, 4) is 11.5 Å². The van der Waals surface area contributed by atoms with Crippen LogP contribution in [-0.4, -0.2) is 18.0 Å². The molecule has 3 heteroatoms. The molecular weight excluding hydrogens is 276 g/mol. The molecule has 0 radical (unpaired) electrons. The van der Waals surface area contributed by atoms with E-state index in [1.807, 2.05) is 12.1 Å². The van der Waals surface area contributed by atoms with Gasteiger partial charge in [-0.25, -0.2) is 0 Å². The standard InChI is InChI=1S/C19H22O3/c1-19-8-7-12-13(15(19)5-6-18(19)21)4-3-11-9-16(20)17(22-2)10-14(11)12/h5-6,9-10,12-13,15,20H,3-4,7-8H2,1-2H3. The van der Waals surface area contributed by atoms with E-state index < -0.39 is 0 Å². The van der Waals surface area contributed by atoms with E-state index in [-0.39, 0.29) is 11.2 Å². The molecule has 4 rings (SSSR count). The number of hydrogen-bond donors (Lipinski definition) is 1. The zero-order chi connectivity index (χ0) is 15.5. The van der Waals surface area contributed by atoms with E-state index >= 15 is 0 Å². The number of carbonyl (C=O) groups is 1. The van der Waals surface area contributed by atoms with Crippen LogP contribution in [-0.2, 0) is 11.2 Å². The third kappa shape index (κ3) is 1.71. The summed E-state index contributed by atoms with van der Waals surface area (Å²) in [6, 6.07) is 3.89. The molecule has 4 unspecified atom stereocenters. The van der Waals surface area contributed by atoms with Crippen LogP contribution in [0.25, 0.3) is 0 Å². The maximum atomic E-state index is 12.3. The van der Waals surface area contributed by atoms with E-state index in [1.165, 1.54) is 11.1 Å². The van der Waals surface area contributed by atoms with Crippen LogP contribution in [0.5, 0.6) is 11.5 Å². The SMILES string of the molecule is COc1cc2c(cc1O)CCC1C2CCC2(C)C(=O)C=CC12. The van der Waals surface area contributed by atoms with Crippen molar-refractivity contribution < 1.29 is 14.6 Å². The predicted octanol–water partition coefficient (Wildman–Crippen LogP) is 3.60. The summed E-state index contributed by atoms with van der Waals surface area (Å²) in [7, 11) is 1.60. The molecule has 0 aliphatic heterocycles. The highest BCUT2D eigenvalue weighted by atomic mass is 16.5. The monoisotopic (exact) mass is 298 g/mol. The number of methoxy groups -OCH3 is 1. The van der Waals surface area contributed by atoms with Gasteiger partial charge < -0.3 is 9.84 Å². The number of benzene rings is 1. The first kappa shape index (κ1) is 13.9. The van der Waals surface area contributed by atoms with Crippen molar-refractivity contribution in [3.05, 3.63) is 35.4 Å². The molecule has 22 heavy (non-hydrogen) atoms. The highest BCUT2D eigenvalue weighted by Crippen LogP contribution is 2.58. The van der Waals surface area contributed by atoms with Crippen molar-refractivity contribution in [2.45, 2.75) is 38.5 Å². The zero-order valence-corrected chi connectivity index (χ0v) is 13.1. The second-order valence-electron chi connectivity index (χ2n) is 7.24. The third-order valence-corrected chi connectivity index (χ3v) is 6.29. The lowest BCUT2D eigenvalue weighted by atomic mass is 9.55. The normalized spacial score (nSPS) is 35.7. The summed E-state index contributed by atoms with van der Waals surface area (Å²) in [6.45, 7) is 2.14. The molecule has 0 aromatic heterocycles. The number of phenolic OH excluding ortho intramolecular Hbond substituents is 1. The van der Waals surface area contributed by atoms with Gasteiger partial charge in [0.15, 0.2) is 17.3 Å². The van der Waals surface area contributed by atoms with Crippen LogP contribution in [0.1, 0.15) is 43.2 Å². The van der Waals surface area contributed by atoms with Gasteiger partial charge in [0.25, 0.3) is 0 Å². The average Bonchev–Trinajstić information content (AvgIpc) is 2.82. The van der Waals surface area contributed by atoms with Crippen LogP contribution in [0, 0.1) is 17.3 Å². The van der Waals surface area contributed by atoms with Crippen molar-refractivity contribution in [1.29, 1.82) is 0 Å². The summed E-state index contributed by atoms with van der Waals surface area (Å²) >= 11 is 0. The highest BCUT2D eigenvalue weighted by Gasteiger charge is 2.52. The van der Waals surface area contributed by atoms with E-state index in [9.17, 15) is 9.90 Å². The number of phenols is 1. The molecule has 116 valence electrons. The maximum absolute atomic E-state index is 12.3. The molecule has 1 N–H and O–H groups in total. The Kier molecular flexibility index (Phi) is 2.91. The number of hydrogen-bond acceptors (Lipinski definition) is 3. The van der Waals surface area contributed by atoms with Gasteiger partial charge in [-0.3, -0.25) is 4.79 Å². The topological polar surface area (TPSA) is 46.5 Å². The summed E-state index contributed by atoms with van der Waals surface area (Å²) in [5, 5.41) is 10.0. The summed E-state index contributed by atoms with van der Waals surface area (Å²) in [6.07, 6.45) is 8.03. The first-order valence-corrected chi connectivity index (χ1v) is 8.17. The molecule has 0 amide bonds. The van der Waals surface area contributed by atoms with Crippen LogP contribution in [0.3, 0.4) is 0 Å². The Morgan fingerprint density at radius 1 is 1.32 bits per heavy atom. The van der Waals surface area contributed by atoms with Crippen molar-refractivity contribution in [3.63, 3.8) is 0 Å². The number of aryl methyl sites for hydroxylation is 1. The van der Waals surface area contributed by atoms with Gasteiger partial charge in [0, 0.05) is 5.41 Å². The molecule has 1 aromatic rings. The fourth-order valence-electron chi connectivity index (χ4n) is 5.02. The molecule has 4 atom stereocenters.